The summed E-state index contributed by atoms with van der Waals surface area (Å²) in [5.74, 6) is 0.858. The first-order valence-corrected chi connectivity index (χ1v) is 5.73. The lowest BCUT2D eigenvalue weighted by atomic mass is 10.1. The van der Waals surface area contributed by atoms with Crippen molar-refractivity contribution in [3.63, 3.8) is 0 Å². The fourth-order valence-corrected chi connectivity index (χ4v) is 1.40. The summed E-state index contributed by atoms with van der Waals surface area (Å²) in [4.78, 5) is 0. The Bertz CT molecular complexity index is 295. The number of nitrogens with two attached hydrogens (primary N) is 1. The van der Waals surface area contributed by atoms with E-state index in [4.69, 9.17) is 15.2 Å². The Morgan fingerprint density at radius 3 is 2.31 bits per heavy atom. The maximum Gasteiger partial charge on any atom is 0.119 e. The molecule has 3 heteroatoms. The predicted octanol–water partition coefficient (Wildman–Crippen LogP) is 2.51. The molecule has 0 aromatic heterocycles. The molecule has 0 saturated heterocycles. The molecule has 1 aromatic carbocycles. The summed E-state index contributed by atoms with van der Waals surface area (Å²) < 4.78 is 11.0. The average Bonchev–Trinajstić information content (AvgIpc) is 2.27. The van der Waals surface area contributed by atoms with Crippen LogP contribution in [0.2, 0.25) is 0 Å². The summed E-state index contributed by atoms with van der Waals surface area (Å²) in [6.07, 6.45) is 0.0705. The fourth-order valence-electron chi connectivity index (χ4n) is 1.40. The van der Waals surface area contributed by atoms with Crippen LogP contribution in [0.4, 0.5) is 0 Å². The standard InChI is InChI=1S/C13H21NO2/c1-4-15-9-10(2)16-13-7-5-12(6-8-13)11(3)14/h5-8,10-11H,4,9,14H2,1-3H3. The van der Waals surface area contributed by atoms with Crippen LogP contribution < -0.4 is 10.5 Å². The zero-order valence-corrected chi connectivity index (χ0v) is 10.3. The molecule has 0 fully saturated rings. The van der Waals surface area contributed by atoms with Gasteiger partial charge in [0.25, 0.3) is 0 Å². The highest BCUT2D eigenvalue weighted by Gasteiger charge is 2.04. The van der Waals surface area contributed by atoms with E-state index in [9.17, 15) is 0 Å². The molecule has 0 spiro atoms. The summed E-state index contributed by atoms with van der Waals surface area (Å²) in [5, 5.41) is 0. The third-order valence-corrected chi connectivity index (χ3v) is 2.30. The smallest absolute Gasteiger partial charge is 0.119 e. The lowest BCUT2D eigenvalue weighted by Crippen LogP contribution is -2.19. The van der Waals surface area contributed by atoms with Gasteiger partial charge in [0.15, 0.2) is 0 Å². The molecule has 0 heterocycles. The van der Waals surface area contributed by atoms with Gasteiger partial charge in [-0.15, -0.1) is 0 Å². The van der Waals surface area contributed by atoms with E-state index in [1.165, 1.54) is 0 Å². The molecule has 0 aliphatic rings. The Labute approximate surface area is 97.6 Å². The number of hydrogen-bond acceptors (Lipinski definition) is 3. The van der Waals surface area contributed by atoms with E-state index in [1.807, 2.05) is 45.0 Å². The first-order valence-electron chi connectivity index (χ1n) is 5.73. The monoisotopic (exact) mass is 223 g/mol. The van der Waals surface area contributed by atoms with Crippen molar-refractivity contribution in [2.24, 2.45) is 5.73 Å². The van der Waals surface area contributed by atoms with E-state index in [-0.39, 0.29) is 12.1 Å². The Hall–Kier alpha value is -1.06. The van der Waals surface area contributed by atoms with E-state index in [0.29, 0.717) is 6.61 Å². The Morgan fingerprint density at radius 1 is 1.19 bits per heavy atom. The second-order valence-corrected chi connectivity index (χ2v) is 3.95. The SMILES string of the molecule is CCOCC(C)Oc1ccc(C(C)N)cc1. The van der Waals surface area contributed by atoms with Gasteiger partial charge in [-0.05, 0) is 38.5 Å². The fraction of sp³-hybridized carbons (Fsp3) is 0.538. The largest absolute Gasteiger partial charge is 0.488 e. The van der Waals surface area contributed by atoms with Crippen molar-refractivity contribution in [1.82, 2.24) is 0 Å². The minimum Gasteiger partial charge on any atom is -0.488 e. The quantitative estimate of drug-likeness (QED) is 0.806. The zero-order valence-electron chi connectivity index (χ0n) is 10.3. The maximum absolute atomic E-state index is 5.77. The normalized spacial score (nSPS) is 14.5. The highest BCUT2D eigenvalue weighted by atomic mass is 16.5. The van der Waals surface area contributed by atoms with Crippen LogP contribution >= 0.6 is 0 Å². The minimum atomic E-state index is 0.0647. The van der Waals surface area contributed by atoms with Crippen LogP contribution in [0.15, 0.2) is 24.3 Å². The predicted molar refractivity (Wildman–Crippen MR) is 65.6 cm³/mol. The third-order valence-electron chi connectivity index (χ3n) is 2.30. The van der Waals surface area contributed by atoms with Crippen LogP contribution in [0.25, 0.3) is 0 Å². The van der Waals surface area contributed by atoms with Crippen LogP contribution in [0.1, 0.15) is 32.4 Å². The molecule has 90 valence electrons. The van der Waals surface area contributed by atoms with Crippen LogP contribution in [-0.4, -0.2) is 19.3 Å². The van der Waals surface area contributed by atoms with Gasteiger partial charge in [-0.2, -0.15) is 0 Å². The van der Waals surface area contributed by atoms with Gasteiger partial charge in [0.2, 0.25) is 0 Å². The second kappa shape index (κ2) is 6.51. The number of hydrogen-bond donors (Lipinski definition) is 1. The van der Waals surface area contributed by atoms with Gasteiger partial charge in [-0.1, -0.05) is 12.1 Å². The van der Waals surface area contributed by atoms with Gasteiger partial charge in [0.1, 0.15) is 11.9 Å². The van der Waals surface area contributed by atoms with Crippen molar-refractivity contribution in [3.8, 4) is 5.75 Å². The van der Waals surface area contributed by atoms with Gasteiger partial charge >= 0.3 is 0 Å². The Balaban J connectivity index is 2.48. The molecule has 0 bridgehead atoms. The van der Waals surface area contributed by atoms with Crippen LogP contribution in [0.5, 0.6) is 5.75 Å². The third kappa shape index (κ3) is 4.21. The van der Waals surface area contributed by atoms with Gasteiger partial charge in [-0.25, -0.2) is 0 Å². The van der Waals surface area contributed by atoms with Crippen LogP contribution in [-0.2, 0) is 4.74 Å². The molecule has 0 saturated carbocycles. The van der Waals surface area contributed by atoms with Crippen molar-refractivity contribution in [2.45, 2.75) is 32.9 Å². The number of ether oxygens (including phenoxy) is 2. The summed E-state index contributed by atoms with van der Waals surface area (Å²) in [6.45, 7) is 7.27. The van der Waals surface area contributed by atoms with Gasteiger partial charge in [-0.3, -0.25) is 0 Å². The van der Waals surface area contributed by atoms with E-state index >= 15 is 0 Å². The summed E-state index contributed by atoms with van der Waals surface area (Å²) >= 11 is 0. The molecule has 0 radical (unpaired) electrons. The molecule has 2 N–H and O–H groups in total. The number of benzene rings is 1. The van der Waals surface area contributed by atoms with E-state index < -0.39 is 0 Å². The van der Waals surface area contributed by atoms with Crippen molar-refractivity contribution in [1.29, 1.82) is 0 Å². The van der Waals surface area contributed by atoms with Crippen LogP contribution in [0.3, 0.4) is 0 Å². The molecule has 0 amide bonds. The molecule has 0 aliphatic carbocycles. The molecule has 1 aromatic rings. The highest BCUT2D eigenvalue weighted by Crippen LogP contribution is 2.17. The van der Waals surface area contributed by atoms with Crippen molar-refractivity contribution in [3.05, 3.63) is 29.8 Å². The highest BCUT2D eigenvalue weighted by molar-refractivity contribution is 5.28. The minimum absolute atomic E-state index is 0.0647. The van der Waals surface area contributed by atoms with E-state index in [1.54, 1.807) is 0 Å². The van der Waals surface area contributed by atoms with E-state index in [0.717, 1.165) is 17.9 Å². The maximum atomic E-state index is 5.77. The van der Waals surface area contributed by atoms with Gasteiger partial charge in [0, 0.05) is 12.6 Å². The van der Waals surface area contributed by atoms with E-state index in [2.05, 4.69) is 0 Å². The first-order chi connectivity index (χ1) is 7.63. The first kappa shape index (κ1) is 13.0. The lowest BCUT2D eigenvalue weighted by Gasteiger charge is -2.15. The molecule has 16 heavy (non-hydrogen) atoms. The van der Waals surface area contributed by atoms with Crippen molar-refractivity contribution < 1.29 is 9.47 Å². The average molecular weight is 223 g/mol. The molecular weight excluding hydrogens is 202 g/mol. The second-order valence-electron chi connectivity index (χ2n) is 3.95. The molecule has 3 nitrogen and oxygen atoms in total. The Kier molecular flexibility index (Phi) is 5.29. The Morgan fingerprint density at radius 2 is 1.81 bits per heavy atom. The lowest BCUT2D eigenvalue weighted by molar-refractivity contribution is 0.0657. The van der Waals surface area contributed by atoms with Gasteiger partial charge in [0.05, 0.1) is 6.61 Å². The molecule has 1 rings (SSSR count). The van der Waals surface area contributed by atoms with Gasteiger partial charge < -0.3 is 15.2 Å². The molecule has 2 atom stereocenters. The topological polar surface area (TPSA) is 44.5 Å². The van der Waals surface area contributed by atoms with Crippen molar-refractivity contribution in [2.75, 3.05) is 13.2 Å². The summed E-state index contributed by atoms with van der Waals surface area (Å²) in [5.41, 5.74) is 6.89. The summed E-state index contributed by atoms with van der Waals surface area (Å²) in [7, 11) is 0. The van der Waals surface area contributed by atoms with Crippen LogP contribution in [0, 0.1) is 0 Å². The number of rotatable bonds is 6. The van der Waals surface area contributed by atoms with Crippen molar-refractivity contribution >= 4 is 0 Å². The zero-order chi connectivity index (χ0) is 12.0. The molecular formula is C13H21NO2. The molecule has 0 aliphatic heterocycles. The summed E-state index contributed by atoms with van der Waals surface area (Å²) in [6, 6.07) is 7.94. The molecule has 2 unspecified atom stereocenters.